The number of hydrogen-bond acceptors (Lipinski definition) is 6. The van der Waals surface area contributed by atoms with Crippen LogP contribution in [0.15, 0.2) is 18.2 Å². The summed E-state index contributed by atoms with van der Waals surface area (Å²) in [7, 11) is 1.93. The minimum atomic E-state index is -0.532. The fourth-order valence-corrected chi connectivity index (χ4v) is 3.53. The monoisotopic (exact) mass is 376 g/mol. The van der Waals surface area contributed by atoms with Crippen LogP contribution in [0, 0.1) is 16.0 Å². The number of hydrogen-bond donors (Lipinski definition) is 1. The Bertz CT molecular complexity index is 730. The molecule has 1 N–H and O–H groups in total. The molecule has 0 radical (unpaired) electrons. The Morgan fingerprint density at radius 2 is 2.11 bits per heavy atom. The number of ether oxygens (including phenoxy) is 1. The van der Waals surface area contributed by atoms with Gasteiger partial charge in [-0.25, -0.2) is 0 Å². The Labute approximate surface area is 157 Å². The number of carbonyl (C=O) groups excluding carboxylic acids is 2. The quantitative estimate of drug-likeness (QED) is 0.590. The molecule has 0 atom stereocenters. The second-order valence-electron chi connectivity index (χ2n) is 6.89. The van der Waals surface area contributed by atoms with E-state index in [-0.39, 0.29) is 36.3 Å². The van der Waals surface area contributed by atoms with Crippen molar-refractivity contribution in [2.45, 2.75) is 19.3 Å². The average molecular weight is 376 g/mol. The van der Waals surface area contributed by atoms with E-state index in [4.69, 9.17) is 4.74 Å². The number of nitrogens with zero attached hydrogens (tertiary/aromatic N) is 3. The van der Waals surface area contributed by atoms with Gasteiger partial charge in [0.2, 0.25) is 5.91 Å². The van der Waals surface area contributed by atoms with Crippen LogP contribution in [0.1, 0.15) is 19.3 Å². The molecule has 27 heavy (non-hydrogen) atoms. The summed E-state index contributed by atoms with van der Waals surface area (Å²) < 4.78 is 5.33. The maximum atomic E-state index is 12.7. The molecule has 9 nitrogen and oxygen atoms in total. The first-order chi connectivity index (χ1) is 13.0. The van der Waals surface area contributed by atoms with Crippen LogP contribution >= 0.6 is 0 Å². The molecule has 0 bridgehead atoms. The van der Waals surface area contributed by atoms with Gasteiger partial charge in [0.25, 0.3) is 11.6 Å². The molecule has 1 aromatic carbocycles. The Morgan fingerprint density at radius 3 is 2.78 bits per heavy atom. The first kappa shape index (κ1) is 19.1. The van der Waals surface area contributed by atoms with Crippen LogP contribution in [0.3, 0.4) is 0 Å². The molecule has 0 saturated carbocycles. The van der Waals surface area contributed by atoms with Gasteiger partial charge < -0.3 is 15.0 Å². The van der Waals surface area contributed by atoms with Crippen LogP contribution < -0.4 is 15.0 Å². The van der Waals surface area contributed by atoms with Crippen molar-refractivity contribution < 1.29 is 19.2 Å². The molecular formula is C18H24N4O5. The Balaban J connectivity index is 1.67. The number of nitrogens with one attached hydrogen (secondary N) is 1. The molecule has 9 heteroatoms. The van der Waals surface area contributed by atoms with Gasteiger partial charge in [-0.3, -0.25) is 24.6 Å². The molecule has 0 spiro atoms. The molecule has 1 aromatic rings. The summed E-state index contributed by atoms with van der Waals surface area (Å²) in [5.41, 5.74) is 0.132. The maximum Gasteiger partial charge on any atom is 0.271 e. The van der Waals surface area contributed by atoms with Crippen LogP contribution in [0.2, 0.25) is 0 Å². The van der Waals surface area contributed by atoms with Gasteiger partial charge in [-0.15, -0.1) is 0 Å². The van der Waals surface area contributed by atoms with Crippen molar-refractivity contribution in [1.29, 1.82) is 0 Å². The molecule has 0 aromatic heterocycles. The normalized spacial score (nSPS) is 17.4. The summed E-state index contributed by atoms with van der Waals surface area (Å²) >= 11 is 0. The summed E-state index contributed by atoms with van der Waals surface area (Å²) in [6.45, 7) is 2.01. The van der Waals surface area contributed by atoms with Gasteiger partial charge in [0.15, 0.2) is 6.61 Å². The van der Waals surface area contributed by atoms with Gasteiger partial charge in [0.1, 0.15) is 12.3 Å². The molecule has 2 aliphatic heterocycles. The summed E-state index contributed by atoms with van der Waals surface area (Å²) in [6, 6.07) is 4.07. The van der Waals surface area contributed by atoms with E-state index >= 15 is 0 Å². The van der Waals surface area contributed by atoms with Crippen LogP contribution in [0.5, 0.6) is 5.75 Å². The predicted octanol–water partition coefficient (Wildman–Crippen LogP) is 1.17. The van der Waals surface area contributed by atoms with Gasteiger partial charge >= 0.3 is 0 Å². The summed E-state index contributed by atoms with van der Waals surface area (Å²) in [5, 5.41) is 14.2. The third-order valence-electron chi connectivity index (χ3n) is 5.16. The number of carbonyl (C=O) groups is 2. The lowest BCUT2D eigenvalue weighted by Gasteiger charge is -2.35. The van der Waals surface area contributed by atoms with Crippen molar-refractivity contribution in [1.82, 2.24) is 10.2 Å². The highest BCUT2D eigenvalue weighted by molar-refractivity contribution is 6.02. The van der Waals surface area contributed by atoms with Crippen molar-refractivity contribution in [3.63, 3.8) is 0 Å². The molecule has 0 unspecified atom stereocenters. The number of rotatable bonds is 6. The number of nitro groups is 1. The molecule has 1 saturated heterocycles. The highest BCUT2D eigenvalue weighted by Gasteiger charge is 2.31. The summed E-state index contributed by atoms with van der Waals surface area (Å²) in [6.07, 6.45) is 3.00. The number of fused-ring (bicyclic) bond motifs is 1. The average Bonchev–Trinajstić information content (AvgIpc) is 2.68. The third-order valence-corrected chi connectivity index (χ3v) is 5.16. The van der Waals surface area contributed by atoms with E-state index in [0.717, 1.165) is 25.8 Å². The lowest BCUT2D eigenvalue weighted by Crippen LogP contribution is -2.48. The highest BCUT2D eigenvalue weighted by atomic mass is 16.6. The van der Waals surface area contributed by atoms with E-state index in [1.807, 2.05) is 7.05 Å². The Kier molecular flexibility index (Phi) is 5.90. The standard InChI is InChI=1S/C18H24N4O5/c1-19-7-4-13-5-8-20(9-6-13)17(23)11-21-15-10-14(22(25)26)2-3-16(15)27-12-18(21)24/h2-3,10,13,19H,4-9,11-12H2,1H3. The lowest BCUT2D eigenvalue weighted by atomic mass is 9.93. The van der Waals surface area contributed by atoms with Crippen LogP contribution in [-0.2, 0) is 9.59 Å². The molecule has 2 heterocycles. The molecule has 3 rings (SSSR count). The van der Waals surface area contributed by atoms with E-state index < -0.39 is 4.92 Å². The number of piperidine rings is 1. The van der Waals surface area contributed by atoms with Crippen molar-refractivity contribution >= 4 is 23.2 Å². The number of anilines is 1. The summed E-state index contributed by atoms with van der Waals surface area (Å²) in [4.78, 5) is 38.6. The zero-order valence-corrected chi connectivity index (χ0v) is 15.3. The number of non-ortho nitro benzene ring substituents is 1. The van der Waals surface area contributed by atoms with Crippen molar-refractivity contribution in [3.8, 4) is 5.75 Å². The van der Waals surface area contributed by atoms with Gasteiger partial charge in [0.05, 0.1) is 10.6 Å². The highest BCUT2D eigenvalue weighted by Crippen LogP contribution is 2.35. The number of likely N-dealkylation sites (tertiary alicyclic amines) is 1. The first-order valence-electron chi connectivity index (χ1n) is 9.13. The zero-order valence-electron chi connectivity index (χ0n) is 15.3. The fraction of sp³-hybridized carbons (Fsp3) is 0.556. The number of amides is 2. The van der Waals surface area contributed by atoms with E-state index in [9.17, 15) is 19.7 Å². The lowest BCUT2D eigenvalue weighted by molar-refractivity contribution is -0.384. The van der Waals surface area contributed by atoms with E-state index in [0.29, 0.717) is 24.8 Å². The van der Waals surface area contributed by atoms with E-state index in [2.05, 4.69) is 5.32 Å². The molecule has 2 aliphatic rings. The Hall–Kier alpha value is -2.68. The minimum absolute atomic E-state index is 0.127. The first-order valence-corrected chi connectivity index (χ1v) is 9.13. The number of nitro benzene ring substituents is 1. The fourth-order valence-electron chi connectivity index (χ4n) is 3.53. The van der Waals surface area contributed by atoms with Crippen LogP contribution in [0.4, 0.5) is 11.4 Å². The molecule has 1 fully saturated rings. The molecular weight excluding hydrogens is 352 g/mol. The van der Waals surface area contributed by atoms with Crippen molar-refractivity contribution in [3.05, 3.63) is 28.3 Å². The van der Waals surface area contributed by atoms with E-state index in [1.165, 1.54) is 23.1 Å². The minimum Gasteiger partial charge on any atom is -0.482 e. The Morgan fingerprint density at radius 1 is 1.37 bits per heavy atom. The van der Waals surface area contributed by atoms with E-state index in [1.54, 1.807) is 4.90 Å². The maximum absolute atomic E-state index is 12.7. The van der Waals surface area contributed by atoms with Crippen molar-refractivity contribution in [2.75, 3.05) is 44.7 Å². The molecule has 0 aliphatic carbocycles. The summed E-state index contributed by atoms with van der Waals surface area (Å²) in [5.74, 6) is 0.462. The predicted molar refractivity (Wildman–Crippen MR) is 98.8 cm³/mol. The smallest absolute Gasteiger partial charge is 0.271 e. The van der Waals surface area contributed by atoms with Crippen molar-refractivity contribution in [2.24, 2.45) is 5.92 Å². The molecule has 2 amide bonds. The second kappa shape index (κ2) is 8.34. The van der Waals surface area contributed by atoms with Gasteiger partial charge in [-0.1, -0.05) is 0 Å². The largest absolute Gasteiger partial charge is 0.482 e. The zero-order chi connectivity index (χ0) is 19.4. The van der Waals surface area contributed by atoms with Crippen LogP contribution in [0.25, 0.3) is 0 Å². The third kappa shape index (κ3) is 4.36. The second-order valence-corrected chi connectivity index (χ2v) is 6.89. The van der Waals surface area contributed by atoms with Gasteiger partial charge in [-0.05, 0) is 44.8 Å². The molecule has 146 valence electrons. The van der Waals surface area contributed by atoms with Gasteiger partial charge in [0, 0.05) is 25.2 Å². The topological polar surface area (TPSA) is 105 Å². The SMILES string of the molecule is CNCCC1CCN(C(=O)CN2C(=O)COc3ccc([N+](=O)[O-])cc32)CC1. The van der Waals surface area contributed by atoms with Crippen LogP contribution in [-0.4, -0.2) is 61.5 Å². The number of benzene rings is 1. The van der Waals surface area contributed by atoms with Gasteiger partial charge in [-0.2, -0.15) is 0 Å².